The quantitative estimate of drug-likeness (QED) is 0.755. The molecule has 2 amide bonds. The molecule has 2 aromatic rings. The topological polar surface area (TPSA) is 91.3 Å². The van der Waals surface area contributed by atoms with Gasteiger partial charge in [0.05, 0.1) is 5.69 Å². The second kappa shape index (κ2) is 6.04. The summed E-state index contributed by atoms with van der Waals surface area (Å²) in [6, 6.07) is 7.95. The summed E-state index contributed by atoms with van der Waals surface area (Å²) in [6.45, 7) is 3.20. The Bertz CT molecular complexity index is 698. The zero-order valence-electron chi connectivity index (χ0n) is 11.7. The smallest absolute Gasteiger partial charge is 0.255 e. The highest BCUT2D eigenvalue weighted by molar-refractivity contribution is 6.05. The van der Waals surface area contributed by atoms with Gasteiger partial charge in [0.15, 0.2) is 0 Å². The second-order valence-electron chi connectivity index (χ2n) is 4.59. The van der Waals surface area contributed by atoms with Crippen LogP contribution >= 0.6 is 0 Å². The van der Waals surface area contributed by atoms with E-state index in [4.69, 9.17) is 0 Å². The molecule has 0 atom stereocenters. The number of phenols is 1. The van der Waals surface area contributed by atoms with Crippen molar-refractivity contribution in [1.29, 1.82) is 0 Å². The largest absolute Gasteiger partial charge is 0.506 e. The first-order valence-electron chi connectivity index (χ1n) is 6.30. The summed E-state index contributed by atoms with van der Waals surface area (Å²) in [5, 5.41) is 14.9. The van der Waals surface area contributed by atoms with Crippen LogP contribution in [0.2, 0.25) is 0 Å². The molecule has 0 bridgehead atoms. The molecule has 0 aliphatic rings. The summed E-state index contributed by atoms with van der Waals surface area (Å²) in [6.07, 6.45) is 1.43. The number of carbonyl (C=O) groups excluding carboxylic acids is 2. The van der Waals surface area contributed by atoms with Crippen LogP contribution in [0, 0.1) is 6.92 Å². The van der Waals surface area contributed by atoms with E-state index >= 15 is 0 Å². The molecule has 3 N–H and O–H groups in total. The van der Waals surface area contributed by atoms with Gasteiger partial charge in [-0.2, -0.15) is 0 Å². The van der Waals surface area contributed by atoms with E-state index in [9.17, 15) is 14.7 Å². The van der Waals surface area contributed by atoms with E-state index in [0.29, 0.717) is 17.1 Å². The number of phenolic OH excluding ortho intramolecular Hbond substituents is 1. The van der Waals surface area contributed by atoms with Crippen LogP contribution in [0.4, 0.5) is 11.5 Å². The molecule has 1 aromatic heterocycles. The molecule has 21 heavy (non-hydrogen) atoms. The lowest BCUT2D eigenvalue weighted by Gasteiger charge is -2.09. The molecule has 108 valence electrons. The van der Waals surface area contributed by atoms with Crippen LogP contribution in [0.25, 0.3) is 0 Å². The van der Waals surface area contributed by atoms with Gasteiger partial charge in [-0.25, -0.2) is 4.98 Å². The first kappa shape index (κ1) is 14.5. The predicted octanol–water partition coefficient (Wildman–Crippen LogP) is 2.31. The molecule has 0 aliphatic carbocycles. The summed E-state index contributed by atoms with van der Waals surface area (Å²) in [4.78, 5) is 27.0. The number of aryl methyl sites for hydroxylation is 1. The van der Waals surface area contributed by atoms with Gasteiger partial charge in [0, 0.05) is 18.7 Å². The zero-order chi connectivity index (χ0) is 15.4. The summed E-state index contributed by atoms with van der Waals surface area (Å²) in [5.74, 6) is -0.373. The van der Waals surface area contributed by atoms with Gasteiger partial charge in [-0.3, -0.25) is 9.59 Å². The Labute approximate surface area is 121 Å². The first-order chi connectivity index (χ1) is 9.95. The minimum atomic E-state index is -0.400. The summed E-state index contributed by atoms with van der Waals surface area (Å²) >= 11 is 0. The van der Waals surface area contributed by atoms with Crippen molar-refractivity contribution >= 4 is 23.3 Å². The number of hydrogen-bond acceptors (Lipinski definition) is 4. The van der Waals surface area contributed by atoms with Crippen molar-refractivity contribution in [2.24, 2.45) is 0 Å². The van der Waals surface area contributed by atoms with E-state index in [1.807, 2.05) is 6.92 Å². The Morgan fingerprint density at radius 2 is 1.90 bits per heavy atom. The number of nitrogens with one attached hydrogen (secondary N) is 2. The lowest BCUT2D eigenvalue weighted by Crippen LogP contribution is -2.14. The number of amides is 2. The highest BCUT2D eigenvalue weighted by Gasteiger charge is 2.10. The zero-order valence-corrected chi connectivity index (χ0v) is 11.7. The van der Waals surface area contributed by atoms with E-state index < -0.39 is 5.91 Å². The van der Waals surface area contributed by atoms with Crippen LogP contribution in [-0.2, 0) is 4.79 Å². The third-order valence-electron chi connectivity index (χ3n) is 2.73. The molecular weight excluding hydrogens is 270 g/mol. The maximum atomic E-state index is 12.1. The normalized spacial score (nSPS) is 10.0. The fourth-order valence-electron chi connectivity index (χ4n) is 1.76. The molecule has 1 aromatic carbocycles. The number of anilines is 2. The number of nitrogens with zero attached hydrogens (tertiary/aromatic N) is 1. The molecule has 2 rings (SSSR count). The Balaban J connectivity index is 2.18. The predicted molar refractivity (Wildman–Crippen MR) is 79.3 cm³/mol. The number of aromatic nitrogens is 1. The van der Waals surface area contributed by atoms with Crippen molar-refractivity contribution < 1.29 is 14.7 Å². The Morgan fingerprint density at radius 1 is 1.14 bits per heavy atom. The second-order valence-corrected chi connectivity index (χ2v) is 4.59. The Morgan fingerprint density at radius 3 is 2.57 bits per heavy atom. The van der Waals surface area contributed by atoms with Crippen LogP contribution < -0.4 is 10.6 Å². The standard InChI is InChI=1S/C15H15N3O3/c1-9-3-4-12(13(20)7-9)18-15(21)11-5-6-16-14(8-11)17-10(2)19/h3-8,20H,1-2H3,(H,18,21)(H,16,17,19). The lowest BCUT2D eigenvalue weighted by atomic mass is 10.2. The maximum absolute atomic E-state index is 12.1. The van der Waals surface area contributed by atoms with E-state index in [0.717, 1.165) is 5.56 Å². The van der Waals surface area contributed by atoms with E-state index in [2.05, 4.69) is 15.6 Å². The third kappa shape index (κ3) is 3.79. The van der Waals surface area contributed by atoms with Gasteiger partial charge in [-0.1, -0.05) is 6.07 Å². The van der Waals surface area contributed by atoms with Crippen LogP contribution in [0.15, 0.2) is 36.5 Å². The number of benzene rings is 1. The van der Waals surface area contributed by atoms with Gasteiger partial charge in [-0.05, 0) is 36.8 Å². The Kier molecular flexibility index (Phi) is 4.18. The van der Waals surface area contributed by atoms with Crippen molar-refractivity contribution in [2.45, 2.75) is 13.8 Å². The molecule has 0 fully saturated rings. The minimum Gasteiger partial charge on any atom is -0.506 e. The lowest BCUT2D eigenvalue weighted by molar-refractivity contribution is -0.114. The number of aromatic hydroxyl groups is 1. The average Bonchev–Trinajstić information content (AvgIpc) is 2.41. The molecule has 0 spiro atoms. The monoisotopic (exact) mass is 285 g/mol. The fourth-order valence-corrected chi connectivity index (χ4v) is 1.76. The van der Waals surface area contributed by atoms with Crippen molar-refractivity contribution in [3.63, 3.8) is 0 Å². The van der Waals surface area contributed by atoms with Crippen molar-refractivity contribution in [3.05, 3.63) is 47.7 Å². The highest BCUT2D eigenvalue weighted by Crippen LogP contribution is 2.24. The van der Waals surface area contributed by atoms with Crippen LogP contribution in [-0.4, -0.2) is 21.9 Å². The number of carbonyl (C=O) groups is 2. The van der Waals surface area contributed by atoms with Gasteiger partial charge < -0.3 is 15.7 Å². The van der Waals surface area contributed by atoms with Gasteiger partial charge >= 0.3 is 0 Å². The molecular formula is C15H15N3O3. The molecule has 0 unspecified atom stereocenters. The summed E-state index contributed by atoms with van der Waals surface area (Å²) in [7, 11) is 0. The molecule has 0 radical (unpaired) electrons. The van der Waals surface area contributed by atoms with Crippen molar-refractivity contribution in [1.82, 2.24) is 4.98 Å². The van der Waals surface area contributed by atoms with Gasteiger partial charge in [0.1, 0.15) is 11.6 Å². The molecule has 0 saturated carbocycles. The SMILES string of the molecule is CC(=O)Nc1cc(C(=O)Nc2ccc(C)cc2O)ccn1. The average molecular weight is 285 g/mol. The van der Waals surface area contributed by atoms with E-state index in [-0.39, 0.29) is 11.7 Å². The first-order valence-corrected chi connectivity index (χ1v) is 6.30. The van der Waals surface area contributed by atoms with E-state index in [1.165, 1.54) is 25.3 Å². The molecule has 0 aliphatic heterocycles. The molecule has 1 heterocycles. The van der Waals surface area contributed by atoms with Crippen LogP contribution in [0.5, 0.6) is 5.75 Å². The molecule has 6 nitrogen and oxygen atoms in total. The highest BCUT2D eigenvalue weighted by atomic mass is 16.3. The Hall–Kier alpha value is -2.89. The van der Waals surface area contributed by atoms with Crippen LogP contribution in [0.1, 0.15) is 22.8 Å². The number of rotatable bonds is 3. The third-order valence-corrected chi connectivity index (χ3v) is 2.73. The maximum Gasteiger partial charge on any atom is 0.255 e. The van der Waals surface area contributed by atoms with Crippen LogP contribution in [0.3, 0.4) is 0 Å². The van der Waals surface area contributed by atoms with Crippen molar-refractivity contribution in [3.8, 4) is 5.75 Å². The fraction of sp³-hybridized carbons (Fsp3) is 0.133. The van der Waals surface area contributed by atoms with Gasteiger partial charge in [0.25, 0.3) is 5.91 Å². The van der Waals surface area contributed by atoms with E-state index in [1.54, 1.807) is 18.2 Å². The summed E-state index contributed by atoms with van der Waals surface area (Å²) < 4.78 is 0. The number of pyridine rings is 1. The van der Waals surface area contributed by atoms with Gasteiger partial charge in [-0.15, -0.1) is 0 Å². The summed E-state index contributed by atoms with van der Waals surface area (Å²) in [5.41, 5.74) is 1.54. The molecule has 0 saturated heterocycles. The number of hydrogen-bond donors (Lipinski definition) is 3. The minimum absolute atomic E-state index is 0.000472. The van der Waals surface area contributed by atoms with Crippen molar-refractivity contribution in [2.75, 3.05) is 10.6 Å². The molecule has 6 heteroatoms. The van der Waals surface area contributed by atoms with Gasteiger partial charge in [0.2, 0.25) is 5.91 Å².